The molecule has 2 N–H and O–H groups in total. The molecule has 0 bridgehead atoms. The lowest BCUT2D eigenvalue weighted by Crippen LogP contribution is -2.31. The van der Waals surface area contributed by atoms with Gasteiger partial charge in [0.2, 0.25) is 0 Å². The molecule has 1 aliphatic rings. The lowest BCUT2D eigenvalue weighted by molar-refractivity contribution is -0.137. The molecule has 0 fully saturated rings. The lowest BCUT2D eigenvalue weighted by atomic mass is 10.1. The number of carbonyl (C=O) groups is 1. The number of likely N-dealkylation sites (N-methyl/N-ethyl adjacent to an activating group) is 1. The van der Waals surface area contributed by atoms with Crippen LogP contribution < -0.4 is 10.6 Å². The second kappa shape index (κ2) is 8.50. The summed E-state index contributed by atoms with van der Waals surface area (Å²) in [6.07, 6.45) is -2.36. The van der Waals surface area contributed by atoms with E-state index < -0.39 is 11.7 Å². The highest BCUT2D eigenvalue weighted by molar-refractivity contribution is 6.32. The SMILES string of the molecule is CNCCNC(=O)c1nn(-c2cc(C(F)(F)F)ccc2Cl)c2c1CCC2.Cl. The van der Waals surface area contributed by atoms with E-state index >= 15 is 0 Å². The molecule has 10 heteroatoms. The van der Waals surface area contributed by atoms with E-state index in [9.17, 15) is 18.0 Å². The summed E-state index contributed by atoms with van der Waals surface area (Å²) in [5.74, 6) is -0.333. The molecule has 1 aromatic carbocycles. The highest BCUT2D eigenvalue weighted by atomic mass is 35.5. The van der Waals surface area contributed by atoms with Gasteiger partial charge in [-0.05, 0) is 44.5 Å². The lowest BCUT2D eigenvalue weighted by Gasteiger charge is -2.12. The van der Waals surface area contributed by atoms with Crippen LogP contribution >= 0.6 is 24.0 Å². The van der Waals surface area contributed by atoms with Gasteiger partial charge in [0.05, 0.1) is 16.3 Å². The fourth-order valence-corrected chi connectivity index (χ4v) is 3.25. The summed E-state index contributed by atoms with van der Waals surface area (Å²) in [5.41, 5.74) is 1.10. The fourth-order valence-electron chi connectivity index (χ4n) is 3.06. The number of amides is 1. The van der Waals surface area contributed by atoms with Crippen molar-refractivity contribution < 1.29 is 18.0 Å². The van der Waals surface area contributed by atoms with Crippen LogP contribution in [0.1, 0.15) is 33.7 Å². The fraction of sp³-hybridized carbons (Fsp3) is 0.412. The molecule has 0 saturated heterocycles. The number of hydrogen-bond donors (Lipinski definition) is 2. The van der Waals surface area contributed by atoms with Crippen molar-refractivity contribution in [3.63, 3.8) is 0 Å². The molecule has 1 aromatic heterocycles. The Kier molecular flexibility index (Phi) is 6.77. The Balaban J connectivity index is 0.00000261. The molecule has 1 amide bonds. The standard InChI is InChI=1S/C17H18ClF3N4O.ClH/c1-22-7-8-23-16(26)15-11-3-2-4-13(11)25(24-15)14-9-10(17(19,20)21)5-6-12(14)18;/h5-6,9,22H,2-4,7-8H2,1H3,(H,23,26);1H. The van der Waals surface area contributed by atoms with E-state index in [-0.39, 0.29) is 34.7 Å². The Bertz CT molecular complexity index is 836. The second-order valence-corrected chi connectivity index (χ2v) is 6.47. The van der Waals surface area contributed by atoms with E-state index in [1.54, 1.807) is 7.05 Å². The molecular formula is C17H19Cl2F3N4O. The number of halogens is 5. The van der Waals surface area contributed by atoms with Gasteiger partial charge in [-0.2, -0.15) is 18.3 Å². The number of nitrogens with zero attached hydrogens (tertiary/aromatic N) is 2. The summed E-state index contributed by atoms with van der Waals surface area (Å²) in [6.45, 7) is 1.04. The highest BCUT2D eigenvalue weighted by Gasteiger charge is 2.32. The van der Waals surface area contributed by atoms with Gasteiger partial charge in [-0.1, -0.05) is 11.6 Å². The van der Waals surface area contributed by atoms with Crippen molar-refractivity contribution >= 4 is 29.9 Å². The number of hydrogen-bond acceptors (Lipinski definition) is 3. The van der Waals surface area contributed by atoms with Crippen LogP contribution in [0, 0.1) is 0 Å². The average Bonchev–Trinajstić information content (AvgIpc) is 3.17. The Morgan fingerprint density at radius 1 is 1.30 bits per heavy atom. The van der Waals surface area contributed by atoms with Crippen molar-refractivity contribution in [1.29, 1.82) is 0 Å². The van der Waals surface area contributed by atoms with Crippen LogP contribution in [-0.4, -0.2) is 35.8 Å². The molecule has 2 aromatic rings. The van der Waals surface area contributed by atoms with E-state index in [2.05, 4.69) is 15.7 Å². The van der Waals surface area contributed by atoms with Crippen LogP contribution in [0.3, 0.4) is 0 Å². The summed E-state index contributed by atoms with van der Waals surface area (Å²) in [5, 5.41) is 10.1. The molecule has 0 atom stereocenters. The van der Waals surface area contributed by atoms with Crippen molar-refractivity contribution in [2.45, 2.75) is 25.4 Å². The molecule has 1 aliphatic carbocycles. The van der Waals surface area contributed by atoms with Gasteiger partial charge >= 0.3 is 6.18 Å². The zero-order chi connectivity index (χ0) is 18.9. The van der Waals surface area contributed by atoms with E-state index in [0.717, 1.165) is 29.8 Å². The Morgan fingerprint density at radius 2 is 2.04 bits per heavy atom. The quantitative estimate of drug-likeness (QED) is 0.725. The summed E-state index contributed by atoms with van der Waals surface area (Å²) < 4.78 is 40.5. The van der Waals surface area contributed by atoms with Gasteiger partial charge in [-0.25, -0.2) is 4.68 Å². The summed E-state index contributed by atoms with van der Waals surface area (Å²) in [4.78, 5) is 12.4. The van der Waals surface area contributed by atoms with Crippen LogP contribution in [0.2, 0.25) is 5.02 Å². The minimum absolute atomic E-state index is 0. The monoisotopic (exact) mass is 422 g/mol. The van der Waals surface area contributed by atoms with Gasteiger partial charge in [-0.15, -0.1) is 12.4 Å². The van der Waals surface area contributed by atoms with Crippen LogP contribution in [0.5, 0.6) is 0 Å². The molecule has 0 spiro atoms. The zero-order valence-corrected chi connectivity index (χ0v) is 16.1. The molecular weight excluding hydrogens is 404 g/mol. The Hall–Kier alpha value is -1.77. The highest BCUT2D eigenvalue weighted by Crippen LogP contribution is 2.35. The first-order chi connectivity index (χ1) is 12.3. The predicted molar refractivity (Wildman–Crippen MR) is 99.1 cm³/mol. The Labute approximate surface area is 165 Å². The molecule has 27 heavy (non-hydrogen) atoms. The van der Waals surface area contributed by atoms with Gasteiger partial charge in [0.1, 0.15) is 0 Å². The van der Waals surface area contributed by atoms with Crippen LogP contribution in [0.25, 0.3) is 5.69 Å². The molecule has 5 nitrogen and oxygen atoms in total. The van der Waals surface area contributed by atoms with E-state index in [1.165, 1.54) is 10.7 Å². The largest absolute Gasteiger partial charge is 0.416 e. The second-order valence-electron chi connectivity index (χ2n) is 6.06. The number of fused-ring (bicyclic) bond motifs is 1. The summed E-state index contributed by atoms with van der Waals surface area (Å²) >= 11 is 6.14. The van der Waals surface area contributed by atoms with Gasteiger partial charge in [0.15, 0.2) is 5.69 Å². The first-order valence-corrected chi connectivity index (χ1v) is 8.61. The van der Waals surface area contributed by atoms with E-state index in [1.807, 2.05) is 0 Å². The number of aromatic nitrogens is 2. The summed E-state index contributed by atoms with van der Waals surface area (Å²) in [7, 11) is 1.77. The number of nitrogens with one attached hydrogen (secondary N) is 2. The molecule has 0 aliphatic heterocycles. The van der Waals surface area contributed by atoms with Crippen molar-refractivity contribution in [1.82, 2.24) is 20.4 Å². The number of alkyl halides is 3. The number of carbonyl (C=O) groups excluding carboxylic acids is 1. The van der Waals surface area contributed by atoms with Crippen LogP contribution in [-0.2, 0) is 19.0 Å². The Morgan fingerprint density at radius 3 is 2.70 bits per heavy atom. The van der Waals surface area contributed by atoms with Crippen molar-refractivity contribution in [3.8, 4) is 5.69 Å². The maximum Gasteiger partial charge on any atom is 0.416 e. The van der Waals surface area contributed by atoms with E-state index in [4.69, 9.17) is 11.6 Å². The average molecular weight is 423 g/mol. The minimum Gasteiger partial charge on any atom is -0.349 e. The number of rotatable bonds is 5. The topological polar surface area (TPSA) is 58.9 Å². The maximum absolute atomic E-state index is 13.1. The van der Waals surface area contributed by atoms with Crippen LogP contribution in [0.4, 0.5) is 13.2 Å². The van der Waals surface area contributed by atoms with Crippen molar-refractivity contribution in [2.75, 3.05) is 20.1 Å². The van der Waals surface area contributed by atoms with Gasteiger partial charge in [-0.3, -0.25) is 4.79 Å². The van der Waals surface area contributed by atoms with Gasteiger partial charge in [0, 0.05) is 24.3 Å². The maximum atomic E-state index is 13.1. The predicted octanol–water partition coefficient (Wildman–Crippen LogP) is 3.40. The molecule has 1 heterocycles. The zero-order valence-electron chi connectivity index (χ0n) is 14.5. The van der Waals surface area contributed by atoms with Crippen molar-refractivity contribution in [2.24, 2.45) is 0 Å². The van der Waals surface area contributed by atoms with Crippen LogP contribution in [0.15, 0.2) is 18.2 Å². The summed E-state index contributed by atoms with van der Waals surface area (Å²) in [6, 6.07) is 3.10. The smallest absolute Gasteiger partial charge is 0.349 e. The van der Waals surface area contributed by atoms with Crippen molar-refractivity contribution in [3.05, 3.63) is 45.7 Å². The minimum atomic E-state index is -4.48. The third-order valence-electron chi connectivity index (χ3n) is 4.31. The van der Waals surface area contributed by atoms with Gasteiger partial charge < -0.3 is 10.6 Å². The number of benzene rings is 1. The van der Waals surface area contributed by atoms with Gasteiger partial charge in [0.25, 0.3) is 5.91 Å². The first-order valence-electron chi connectivity index (χ1n) is 8.23. The van der Waals surface area contributed by atoms with E-state index in [0.29, 0.717) is 25.9 Å². The third-order valence-corrected chi connectivity index (χ3v) is 4.63. The molecule has 148 valence electrons. The molecule has 0 saturated carbocycles. The molecule has 3 rings (SSSR count). The third kappa shape index (κ3) is 4.39. The molecule has 0 unspecified atom stereocenters. The normalized spacial score (nSPS) is 13.2. The molecule has 0 radical (unpaired) electrons. The first kappa shape index (κ1) is 21.5.